The molecular weight excluding hydrogens is 222 g/mol. The first kappa shape index (κ1) is 11.7. The molecule has 0 radical (unpaired) electrons. The molecule has 5 nitrogen and oxygen atoms in total. The second-order valence-electron chi connectivity index (χ2n) is 4.33. The quantitative estimate of drug-likeness (QED) is 0.819. The van der Waals surface area contributed by atoms with Crippen LogP contribution in [0.15, 0.2) is 16.5 Å². The summed E-state index contributed by atoms with van der Waals surface area (Å²) in [5, 5.41) is 11.5. The Morgan fingerprint density at radius 2 is 2.18 bits per heavy atom. The summed E-state index contributed by atoms with van der Waals surface area (Å²) < 4.78 is 4.92. The van der Waals surface area contributed by atoms with Gasteiger partial charge in [0, 0.05) is 6.04 Å². The van der Waals surface area contributed by atoms with Gasteiger partial charge in [0.2, 0.25) is 5.76 Å². The van der Waals surface area contributed by atoms with E-state index in [-0.39, 0.29) is 23.5 Å². The molecule has 0 aromatic carbocycles. The number of aromatic carboxylic acids is 1. The Labute approximate surface area is 98.8 Å². The van der Waals surface area contributed by atoms with E-state index in [1.54, 1.807) is 0 Å². The van der Waals surface area contributed by atoms with Crippen molar-refractivity contribution in [3.05, 3.63) is 23.7 Å². The molecule has 92 valence electrons. The zero-order valence-corrected chi connectivity index (χ0v) is 9.60. The van der Waals surface area contributed by atoms with Crippen molar-refractivity contribution >= 4 is 11.9 Å². The molecule has 1 aromatic heterocycles. The molecule has 1 aliphatic carbocycles. The van der Waals surface area contributed by atoms with E-state index < -0.39 is 5.97 Å². The summed E-state index contributed by atoms with van der Waals surface area (Å²) in [6.07, 6.45) is 3.23. The lowest BCUT2D eigenvalue weighted by Gasteiger charge is -2.01. The third-order valence-corrected chi connectivity index (χ3v) is 2.94. The highest BCUT2D eigenvalue weighted by molar-refractivity contribution is 5.93. The topological polar surface area (TPSA) is 79.5 Å². The second-order valence-corrected chi connectivity index (χ2v) is 4.33. The van der Waals surface area contributed by atoms with Gasteiger partial charge in [-0.1, -0.05) is 13.3 Å². The number of carboxylic acids is 1. The Bertz CT molecular complexity index is 437. The summed E-state index contributed by atoms with van der Waals surface area (Å²) in [5.41, 5.74) is 0. The monoisotopic (exact) mass is 237 g/mol. The Balaban J connectivity index is 1.90. The maximum Gasteiger partial charge on any atom is 0.371 e. The van der Waals surface area contributed by atoms with E-state index in [2.05, 4.69) is 12.2 Å². The van der Waals surface area contributed by atoms with E-state index in [9.17, 15) is 9.59 Å². The van der Waals surface area contributed by atoms with Gasteiger partial charge in [0.05, 0.1) is 0 Å². The number of hydrogen-bond donors (Lipinski definition) is 2. The fourth-order valence-electron chi connectivity index (χ4n) is 1.93. The first-order valence-electron chi connectivity index (χ1n) is 5.75. The van der Waals surface area contributed by atoms with Gasteiger partial charge in [-0.05, 0) is 30.9 Å². The summed E-state index contributed by atoms with van der Waals surface area (Å²) in [4.78, 5) is 22.3. The lowest BCUT2D eigenvalue weighted by molar-refractivity contribution is 0.0659. The van der Waals surface area contributed by atoms with Crippen LogP contribution in [0.25, 0.3) is 0 Å². The Morgan fingerprint density at radius 3 is 2.76 bits per heavy atom. The summed E-state index contributed by atoms with van der Waals surface area (Å²) >= 11 is 0. The van der Waals surface area contributed by atoms with E-state index in [4.69, 9.17) is 9.52 Å². The molecule has 2 N–H and O–H groups in total. The third kappa shape index (κ3) is 2.67. The van der Waals surface area contributed by atoms with E-state index in [0.29, 0.717) is 5.92 Å². The minimum Gasteiger partial charge on any atom is -0.475 e. The first-order valence-corrected chi connectivity index (χ1v) is 5.75. The number of nitrogens with one attached hydrogen (secondary N) is 1. The summed E-state index contributed by atoms with van der Waals surface area (Å²) in [7, 11) is 0. The minimum atomic E-state index is -1.17. The van der Waals surface area contributed by atoms with Gasteiger partial charge in [0.15, 0.2) is 5.76 Å². The van der Waals surface area contributed by atoms with Gasteiger partial charge in [-0.25, -0.2) is 4.79 Å². The Hall–Kier alpha value is -1.78. The highest BCUT2D eigenvalue weighted by Gasteiger charge is 2.37. The Kier molecular flexibility index (Phi) is 3.17. The van der Waals surface area contributed by atoms with Gasteiger partial charge < -0.3 is 14.8 Å². The van der Waals surface area contributed by atoms with Crippen LogP contribution in [-0.2, 0) is 0 Å². The van der Waals surface area contributed by atoms with Crippen molar-refractivity contribution in [2.45, 2.75) is 32.2 Å². The number of carbonyl (C=O) groups excluding carboxylic acids is 1. The smallest absolute Gasteiger partial charge is 0.371 e. The molecule has 0 aliphatic heterocycles. The van der Waals surface area contributed by atoms with Crippen LogP contribution in [0.5, 0.6) is 0 Å². The molecule has 1 saturated carbocycles. The van der Waals surface area contributed by atoms with E-state index in [1.165, 1.54) is 12.1 Å². The molecule has 17 heavy (non-hydrogen) atoms. The number of furan rings is 1. The zero-order chi connectivity index (χ0) is 12.4. The SMILES string of the molecule is CCCC1CC1NC(=O)c1ccc(C(=O)O)o1. The number of hydrogen-bond acceptors (Lipinski definition) is 3. The van der Waals surface area contributed by atoms with Crippen LogP contribution in [-0.4, -0.2) is 23.0 Å². The van der Waals surface area contributed by atoms with Crippen LogP contribution >= 0.6 is 0 Å². The molecule has 2 unspecified atom stereocenters. The van der Waals surface area contributed by atoms with Gasteiger partial charge >= 0.3 is 5.97 Å². The molecule has 1 amide bonds. The molecule has 1 aromatic rings. The van der Waals surface area contributed by atoms with Crippen molar-refractivity contribution in [3.8, 4) is 0 Å². The summed E-state index contributed by atoms with van der Waals surface area (Å²) in [6, 6.07) is 2.89. The van der Waals surface area contributed by atoms with Gasteiger partial charge in [-0.2, -0.15) is 0 Å². The second kappa shape index (κ2) is 4.61. The zero-order valence-electron chi connectivity index (χ0n) is 9.60. The molecule has 1 aliphatic rings. The number of carbonyl (C=O) groups is 2. The number of amides is 1. The lowest BCUT2D eigenvalue weighted by Crippen LogP contribution is -2.26. The largest absolute Gasteiger partial charge is 0.475 e. The summed E-state index contributed by atoms with van der Waals surface area (Å²) in [5.74, 6) is -1.08. The van der Waals surface area contributed by atoms with Crippen molar-refractivity contribution in [2.75, 3.05) is 0 Å². The van der Waals surface area contributed by atoms with Crippen molar-refractivity contribution in [1.29, 1.82) is 0 Å². The molecule has 0 saturated heterocycles. The average molecular weight is 237 g/mol. The van der Waals surface area contributed by atoms with Crippen LogP contribution < -0.4 is 5.32 Å². The Morgan fingerprint density at radius 1 is 1.47 bits per heavy atom. The molecule has 0 bridgehead atoms. The highest BCUT2D eigenvalue weighted by atomic mass is 16.4. The van der Waals surface area contributed by atoms with Crippen molar-refractivity contribution < 1.29 is 19.1 Å². The van der Waals surface area contributed by atoms with Crippen molar-refractivity contribution in [3.63, 3.8) is 0 Å². The average Bonchev–Trinajstić information content (AvgIpc) is 2.83. The van der Waals surface area contributed by atoms with Crippen LogP contribution in [0, 0.1) is 5.92 Å². The van der Waals surface area contributed by atoms with Gasteiger partial charge in [-0.15, -0.1) is 0 Å². The predicted octanol–water partition coefficient (Wildman–Crippen LogP) is 1.90. The van der Waals surface area contributed by atoms with Gasteiger partial charge in [-0.3, -0.25) is 4.79 Å². The fraction of sp³-hybridized carbons (Fsp3) is 0.500. The summed E-state index contributed by atoms with van der Waals surface area (Å²) in [6.45, 7) is 2.11. The molecule has 0 spiro atoms. The number of rotatable bonds is 5. The maximum absolute atomic E-state index is 11.7. The molecule has 5 heteroatoms. The predicted molar refractivity (Wildman–Crippen MR) is 59.9 cm³/mol. The van der Waals surface area contributed by atoms with E-state index >= 15 is 0 Å². The molecule has 2 rings (SSSR count). The van der Waals surface area contributed by atoms with E-state index in [1.807, 2.05) is 0 Å². The maximum atomic E-state index is 11.7. The van der Waals surface area contributed by atoms with Gasteiger partial charge in [0.25, 0.3) is 5.91 Å². The number of carboxylic acid groups (broad SMARTS) is 1. The molecule has 1 fully saturated rings. The lowest BCUT2D eigenvalue weighted by atomic mass is 10.2. The van der Waals surface area contributed by atoms with Crippen LogP contribution in [0.2, 0.25) is 0 Å². The standard InChI is InChI=1S/C12H15NO4/c1-2-3-7-6-8(7)13-11(14)9-4-5-10(17-9)12(15)16/h4-5,7-8H,2-3,6H2,1H3,(H,13,14)(H,15,16). The fourth-order valence-corrected chi connectivity index (χ4v) is 1.93. The van der Waals surface area contributed by atoms with Crippen LogP contribution in [0.3, 0.4) is 0 Å². The van der Waals surface area contributed by atoms with E-state index in [0.717, 1.165) is 19.3 Å². The molecule has 2 atom stereocenters. The van der Waals surface area contributed by atoms with Gasteiger partial charge in [0.1, 0.15) is 0 Å². The molecule has 1 heterocycles. The molecular formula is C12H15NO4. The highest BCUT2D eigenvalue weighted by Crippen LogP contribution is 2.34. The van der Waals surface area contributed by atoms with Crippen LogP contribution in [0.1, 0.15) is 47.3 Å². The minimum absolute atomic E-state index is 0.0598. The van der Waals surface area contributed by atoms with Crippen LogP contribution in [0.4, 0.5) is 0 Å². The first-order chi connectivity index (χ1) is 8.11. The van der Waals surface area contributed by atoms with Crippen molar-refractivity contribution in [2.24, 2.45) is 5.92 Å². The van der Waals surface area contributed by atoms with Crippen molar-refractivity contribution in [1.82, 2.24) is 5.32 Å². The normalized spacial score (nSPS) is 22.2. The third-order valence-electron chi connectivity index (χ3n) is 2.94.